The molecule has 102 valence electrons. The Morgan fingerprint density at radius 2 is 2.16 bits per heavy atom. The molecule has 1 heterocycles. The molecule has 2 aromatic rings. The number of fused-ring (bicyclic) bond motifs is 1. The fourth-order valence-electron chi connectivity index (χ4n) is 2.49. The zero-order chi connectivity index (χ0) is 14.0. The molecule has 19 heavy (non-hydrogen) atoms. The van der Waals surface area contributed by atoms with Crippen molar-refractivity contribution < 1.29 is 9.90 Å². The number of aromatic carboxylic acids is 1. The Kier molecular flexibility index (Phi) is 3.90. The molecule has 0 radical (unpaired) electrons. The maximum absolute atomic E-state index is 11.4. The molecule has 4 heteroatoms. The number of benzene rings is 1. The number of para-hydroxylation sites is 1. The van der Waals surface area contributed by atoms with Gasteiger partial charge in [0.25, 0.3) is 0 Å². The Bertz CT molecular complexity index is 599. The molecular formula is C15H20N2O2. The van der Waals surface area contributed by atoms with Crippen LogP contribution in [0, 0.1) is 0 Å². The molecule has 0 aliphatic heterocycles. The summed E-state index contributed by atoms with van der Waals surface area (Å²) < 4.78 is 2.11. The van der Waals surface area contributed by atoms with Gasteiger partial charge in [-0.25, -0.2) is 4.79 Å². The second-order valence-electron chi connectivity index (χ2n) is 4.93. The lowest BCUT2D eigenvalue weighted by Gasteiger charge is -2.16. The van der Waals surface area contributed by atoms with E-state index in [0.717, 1.165) is 29.7 Å². The van der Waals surface area contributed by atoms with E-state index in [4.69, 9.17) is 0 Å². The molecule has 0 spiro atoms. The lowest BCUT2D eigenvalue weighted by Crippen LogP contribution is -2.17. The Balaban J connectivity index is 2.68. The first-order valence-corrected chi connectivity index (χ1v) is 6.63. The SMILES string of the molecule is CCNCc1cc2cccc(C(=O)O)c2n1C(C)C. The summed E-state index contributed by atoms with van der Waals surface area (Å²) in [6.07, 6.45) is 0. The average molecular weight is 260 g/mol. The second-order valence-corrected chi connectivity index (χ2v) is 4.93. The van der Waals surface area contributed by atoms with E-state index in [2.05, 4.69) is 36.7 Å². The number of nitrogens with zero attached hydrogens (tertiary/aromatic N) is 1. The minimum Gasteiger partial charge on any atom is -0.478 e. The van der Waals surface area contributed by atoms with Crippen LogP contribution in [-0.2, 0) is 6.54 Å². The maximum atomic E-state index is 11.4. The summed E-state index contributed by atoms with van der Waals surface area (Å²) in [4.78, 5) is 11.4. The summed E-state index contributed by atoms with van der Waals surface area (Å²) >= 11 is 0. The van der Waals surface area contributed by atoms with Crippen molar-refractivity contribution in [1.82, 2.24) is 9.88 Å². The lowest BCUT2D eigenvalue weighted by molar-refractivity contribution is 0.0698. The van der Waals surface area contributed by atoms with E-state index < -0.39 is 5.97 Å². The number of carboxylic acids is 1. The van der Waals surface area contributed by atoms with Gasteiger partial charge in [-0.15, -0.1) is 0 Å². The van der Waals surface area contributed by atoms with Crippen LogP contribution < -0.4 is 5.32 Å². The van der Waals surface area contributed by atoms with Gasteiger partial charge in [-0.1, -0.05) is 19.1 Å². The number of rotatable bonds is 5. The predicted octanol–water partition coefficient (Wildman–Crippen LogP) is 3.03. The van der Waals surface area contributed by atoms with E-state index in [1.165, 1.54) is 0 Å². The number of carboxylic acid groups (broad SMARTS) is 1. The first kappa shape index (κ1) is 13.6. The third kappa shape index (κ3) is 2.49. The van der Waals surface area contributed by atoms with Crippen molar-refractivity contribution in [2.24, 2.45) is 0 Å². The molecule has 0 bridgehead atoms. The zero-order valence-corrected chi connectivity index (χ0v) is 11.6. The van der Waals surface area contributed by atoms with Crippen LogP contribution in [0.4, 0.5) is 0 Å². The third-order valence-electron chi connectivity index (χ3n) is 3.24. The number of aromatic nitrogens is 1. The van der Waals surface area contributed by atoms with Gasteiger partial charge >= 0.3 is 5.97 Å². The Morgan fingerprint density at radius 3 is 2.74 bits per heavy atom. The number of nitrogens with one attached hydrogen (secondary N) is 1. The smallest absolute Gasteiger partial charge is 0.337 e. The fourth-order valence-corrected chi connectivity index (χ4v) is 2.49. The van der Waals surface area contributed by atoms with E-state index in [9.17, 15) is 9.90 Å². The normalized spacial score (nSPS) is 11.4. The van der Waals surface area contributed by atoms with Crippen LogP contribution in [-0.4, -0.2) is 22.2 Å². The van der Waals surface area contributed by atoms with Crippen LogP contribution in [0.15, 0.2) is 24.3 Å². The van der Waals surface area contributed by atoms with Crippen molar-refractivity contribution in [3.63, 3.8) is 0 Å². The van der Waals surface area contributed by atoms with Crippen LogP contribution in [0.2, 0.25) is 0 Å². The maximum Gasteiger partial charge on any atom is 0.337 e. The summed E-state index contributed by atoms with van der Waals surface area (Å²) in [5.74, 6) is -0.874. The highest BCUT2D eigenvalue weighted by Gasteiger charge is 2.17. The Hall–Kier alpha value is -1.81. The van der Waals surface area contributed by atoms with E-state index in [1.54, 1.807) is 12.1 Å². The van der Waals surface area contributed by atoms with Crippen LogP contribution in [0.1, 0.15) is 42.9 Å². The molecule has 0 saturated carbocycles. The van der Waals surface area contributed by atoms with Gasteiger partial charge in [0.2, 0.25) is 0 Å². The molecule has 1 aromatic heterocycles. The summed E-state index contributed by atoms with van der Waals surface area (Å²) in [6, 6.07) is 7.74. The third-order valence-corrected chi connectivity index (χ3v) is 3.24. The van der Waals surface area contributed by atoms with Crippen LogP contribution >= 0.6 is 0 Å². The highest BCUT2D eigenvalue weighted by Crippen LogP contribution is 2.27. The molecular weight excluding hydrogens is 240 g/mol. The summed E-state index contributed by atoms with van der Waals surface area (Å²) in [7, 11) is 0. The van der Waals surface area contributed by atoms with E-state index >= 15 is 0 Å². The molecule has 1 aromatic carbocycles. The molecule has 0 saturated heterocycles. The molecule has 2 N–H and O–H groups in total. The van der Waals surface area contributed by atoms with Gasteiger partial charge in [0.15, 0.2) is 0 Å². The van der Waals surface area contributed by atoms with Gasteiger partial charge < -0.3 is 15.0 Å². The lowest BCUT2D eigenvalue weighted by atomic mass is 10.1. The first-order chi connectivity index (χ1) is 9.06. The standard InChI is InChI=1S/C15H20N2O2/c1-4-16-9-12-8-11-6-5-7-13(15(18)19)14(11)17(12)10(2)3/h5-8,10,16H,4,9H2,1-3H3,(H,18,19). The average Bonchev–Trinajstić information content (AvgIpc) is 2.73. The Labute approximate surface area is 113 Å². The Morgan fingerprint density at radius 1 is 1.42 bits per heavy atom. The zero-order valence-electron chi connectivity index (χ0n) is 11.6. The van der Waals surface area contributed by atoms with Gasteiger partial charge in [0.05, 0.1) is 11.1 Å². The largest absolute Gasteiger partial charge is 0.478 e. The molecule has 0 fully saturated rings. The number of hydrogen-bond acceptors (Lipinski definition) is 2. The molecule has 0 aliphatic carbocycles. The van der Waals surface area contributed by atoms with E-state index in [-0.39, 0.29) is 6.04 Å². The van der Waals surface area contributed by atoms with Crippen LogP contribution in [0.3, 0.4) is 0 Å². The van der Waals surface area contributed by atoms with Gasteiger partial charge in [0.1, 0.15) is 0 Å². The minimum atomic E-state index is -0.874. The number of hydrogen-bond donors (Lipinski definition) is 2. The number of carbonyl (C=O) groups is 1. The van der Waals surface area contributed by atoms with Crippen molar-refractivity contribution in [2.75, 3.05) is 6.54 Å². The summed E-state index contributed by atoms with van der Waals surface area (Å²) in [5.41, 5.74) is 2.31. The molecule has 0 aliphatic rings. The second kappa shape index (κ2) is 5.45. The van der Waals surface area contributed by atoms with Crippen molar-refractivity contribution in [3.8, 4) is 0 Å². The highest BCUT2D eigenvalue weighted by atomic mass is 16.4. The van der Waals surface area contributed by atoms with Crippen LogP contribution in [0.25, 0.3) is 10.9 Å². The fraction of sp³-hybridized carbons (Fsp3) is 0.400. The van der Waals surface area contributed by atoms with Gasteiger partial charge in [-0.3, -0.25) is 0 Å². The topological polar surface area (TPSA) is 54.3 Å². The molecule has 4 nitrogen and oxygen atoms in total. The summed E-state index contributed by atoms with van der Waals surface area (Å²) in [6.45, 7) is 7.86. The molecule has 2 rings (SSSR count). The van der Waals surface area contributed by atoms with Gasteiger partial charge in [-0.05, 0) is 32.5 Å². The van der Waals surface area contributed by atoms with Crippen molar-refractivity contribution in [1.29, 1.82) is 0 Å². The summed E-state index contributed by atoms with van der Waals surface area (Å²) in [5, 5.41) is 13.6. The van der Waals surface area contributed by atoms with Crippen LogP contribution in [0.5, 0.6) is 0 Å². The quantitative estimate of drug-likeness (QED) is 0.868. The van der Waals surface area contributed by atoms with Crippen molar-refractivity contribution in [3.05, 3.63) is 35.5 Å². The van der Waals surface area contributed by atoms with Gasteiger partial charge in [-0.2, -0.15) is 0 Å². The van der Waals surface area contributed by atoms with E-state index in [1.807, 2.05) is 6.07 Å². The van der Waals surface area contributed by atoms with E-state index in [0.29, 0.717) is 5.56 Å². The minimum absolute atomic E-state index is 0.228. The molecule has 0 amide bonds. The van der Waals surface area contributed by atoms with Gasteiger partial charge in [0, 0.05) is 23.7 Å². The first-order valence-electron chi connectivity index (χ1n) is 6.63. The van der Waals surface area contributed by atoms with Crippen molar-refractivity contribution in [2.45, 2.75) is 33.4 Å². The molecule has 0 atom stereocenters. The predicted molar refractivity (Wildman–Crippen MR) is 76.7 cm³/mol. The monoisotopic (exact) mass is 260 g/mol. The van der Waals surface area contributed by atoms with Crippen molar-refractivity contribution >= 4 is 16.9 Å². The highest BCUT2D eigenvalue weighted by molar-refractivity contribution is 6.02. The molecule has 0 unspecified atom stereocenters.